The minimum atomic E-state index is 0.810. The van der Waals surface area contributed by atoms with Gasteiger partial charge < -0.3 is 4.90 Å². The van der Waals surface area contributed by atoms with Crippen LogP contribution in [0.3, 0.4) is 0 Å². The van der Waals surface area contributed by atoms with E-state index in [2.05, 4.69) is 23.6 Å². The Labute approximate surface area is 66.0 Å². The molecule has 3 heteroatoms. The van der Waals surface area contributed by atoms with E-state index in [1.165, 1.54) is 25.9 Å². The van der Waals surface area contributed by atoms with Crippen LogP contribution in [-0.2, 0) is 0 Å². The summed E-state index contributed by atoms with van der Waals surface area (Å²) in [5, 5.41) is 0.810. The summed E-state index contributed by atoms with van der Waals surface area (Å²) in [5.41, 5.74) is 0. The first-order chi connectivity index (χ1) is 4.33. The zero-order valence-corrected chi connectivity index (χ0v) is 7.42. The van der Waals surface area contributed by atoms with Crippen LogP contribution >= 0.6 is 22.5 Å². The van der Waals surface area contributed by atoms with Crippen molar-refractivity contribution in [2.75, 3.05) is 20.1 Å². The van der Waals surface area contributed by atoms with E-state index in [1.54, 1.807) is 10.8 Å². The van der Waals surface area contributed by atoms with E-state index in [-0.39, 0.29) is 0 Å². The lowest BCUT2D eigenvalue weighted by Crippen LogP contribution is -2.30. The number of hydrogen-bond donors (Lipinski definition) is 1. The van der Waals surface area contributed by atoms with Crippen LogP contribution < -0.4 is 0 Å². The second kappa shape index (κ2) is 3.74. The summed E-state index contributed by atoms with van der Waals surface area (Å²) in [6.45, 7) is 2.50. The van der Waals surface area contributed by atoms with Gasteiger partial charge in [0.1, 0.15) is 0 Å². The van der Waals surface area contributed by atoms with E-state index in [1.807, 2.05) is 0 Å². The number of likely N-dealkylation sites (tertiary alicyclic amines) is 1. The van der Waals surface area contributed by atoms with Crippen LogP contribution in [0.1, 0.15) is 12.8 Å². The van der Waals surface area contributed by atoms with E-state index >= 15 is 0 Å². The van der Waals surface area contributed by atoms with Crippen molar-refractivity contribution in [1.82, 2.24) is 4.90 Å². The predicted molar refractivity (Wildman–Crippen MR) is 47.1 cm³/mol. The van der Waals surface area contributed by atoms with Gasteiger partial charge in [0, 0.05) is 5.25 Å². The van der Waals surface area contributed by atoms with Crippen LogP contribution in [0, 0.1) is 0 Å². The van der Waals surface area contributed by atoms with E-state index in [9.17, 15) is 0 Å². The molecule has 1 saturated heterocycles. The van der Waals surface area contributed by atoms with Crippen LogP contribution in [0.4, 0.5) is 0 Å². The molecule has 1 rings (SSSR count). The first-order valence-electron chi connectivity index (χ1n) is 3.31. The lowest BCUT2D eigenvalue weighted by molar-refractivity contribution is 0.282. The Hall–Kier alpha value is 0.660. The first-order valence-corrected chi connectivity index (χ1v) is 5.25. The number of thiol groups is 1. The van der Waals surface area contributed by atoms with Gasteiger partial charge in [-0.1, -0.05) is 10.8 Å². The molecule has 0 aromatic rings. The monoisotopic (exact) mass is 163 g/mol. The molecule has 0 aromatic heterocycles. The largest absolute Gasteiger partial charge is 0.306 e. The van der Waals surface area contributed by atoms with Crippen LogP contribution in [0.15, 0.2) is 0 Å². The summed E-state index contributed by atoms with van der Waals surface area (Å²) in [4.78, 5) is 2.38. The second-order valence-electron chi connectivity index (χ2n) is 2.61. The molecular weight excluding hydrogens is 150 g/mol. The van der Waals surface area contributed by atoms with Gasteiger partial charge >= 0.3 is 0 Å². The molecule has 0 atom stereocenters. The molecule has 1 fully saturated rings. The van der Waals surface area contributed by atoms with Crippen molar-refractivity contribution in [3.63, 3.8) is 0 Å². The van der Waals surface area contributed by atoms with Crippen molar-refractivity contribution >= 4 is 22.5 Å². The Bertz CT molecular complexity index is 79.1. The number of nitrogens with zero attached hydrogens (tertiary/aromatic N) is 1. The Morgan fingerprint density at radius 1 is 1.44 bits per heavy atom. The molecule has 0 aromatic carbocycles. The molecule has 1 nitrogen and oxygen atoms in total. The zero-order chi connectivity index (χ0) is 6.69. The highest BCUT2D eigenvalue weighted by Gasteiger charge is 2.14. The van der Waals surface area contributed by atoms with Gasteiger partial charge in [0.15, 0.2) is 0 Å². The maximum Gasteiger partial charge on any atom is 0.0173 e. The van der Waals surface area contributed by atoms with E-state index in [0.717, 1.165) is 5.25 Å². The molecule has 0 unspecified atom stereocenters. The van der Waals surface area contributed by atoms with Crippen LogP contribution in [0.25, 0.3) is 0 Å². The minimum Gasteiger partial charge on any atom is -0.306 e. The molecule has 0 saturated carbocycles. The molecule has 1 heterocycles. The lowest BCUT2D eigenvalue weighted by Gasteiger charge is -2.26. The van der Waals surface area contributed by atoms with Gasteiger partial charge in [0.2, 0.25) is 0 Å². The smallest absolute Gasteiger partial charge is 0.0173 e. The van der Waals surface area contributed by atoms with Crippen molar-refractivity contribution in [3.05, 3.63) is 0 Å². The van der Waals surface area contributed by atoms with Crippen LogP contribution in [-0.4, -0.2) is 30.3 Å². The zero-order valence-electron chi connectivity index (χ0n) is 5.71. The summed E-state index contributed by atoms with van der Waals surface area (Å²) in [5.74, 6) is 0. The molecule has 1 aliphatic heterocycles. The summed E-state index contributed by atoms with van der Waals surface area (Å²) in [7, 11) is 3.90. The number of piperidine rings is 1. The fraction of sp³-hybridized carbons (Fsp3) is 1.00. The Kier molecular flexibility index (Phi) is 3.22. The summed E-state index contributed by atoms with van der Waals surface area (Å²) in [6, 6.07) is 0. The Morgan fingerprint density at radius 2 is 2.00 bits per heavy atom. The number of hydrogen-bond acceptors (Lipinski definition) is 3. The topological polar surface area (TPSA) is 3.24 Å². The second-order valence-corrected chi connectivity index (χ2v) is 4.12. The van der Waals surface area contributed by atoms with Gasteiger partial charge in [-0.3, -0.25) is 0 Å². The van der Waals surface area contributed by atoms with Gasteiger partial charge in [0.25, 0.3) is 0 Å². The molecule has 54 valence electrons. The van der Waals surface area contributed by atoms with E-state index in [4.69, 9.17) is 0 Å². The lowest BCUT2D eigenvalue weighted by atomic mass is 10.1. The maximum atomic E-state index is 4.19. The fourth-order valence-electron chi connectivity index (χ4n) is 1.09. The van der Waals surface area contributed by atoms with E-state index < -0.39 is 0 Å². The Morgan fingerprint density at radius 3 is 2.44 bits per heavy atom. The SMILES string of the molecule is CN1CCC(SS)CC1. The minimum absolute atomic E-state index is 0.810. The van der Waals surface area contributed by atoms with Gasteiger partial charge in [-0.2, -0.15) is 0 Å². The van der Waals surface area contributed by atoms with Gasteiger partial charge in [-0.05, 0) is 33.0 Å². The maximum absolute atomic E-state index is 4.19. The average molecular weight is 163 g/mol. The average Bonchev–Trinajstić information content (AvgIpc) is 1.90. The molecule has 0 N–H and O–H groups in total. The van der Waals surface area contributed by atoms with Gasteiger partial charge in [-0.15, -0.1) is 11.7 Å². The standard InChI is InChI=1S/C6H13NS2/c1-7-4-2-6(9-8)3-5-7/h6,8H,2-5H2,1H3. The highest BCUT2D eigenvalue weighted by molar-refractivity contribution is 8.68. The van der Waals surface area contributed by atoms with Gasteiger partial charge in [-0.25, -0.2) is 0 Å². The molecule has 9 heavy (non-hydrogen) atoms. The van der Waals surface area contributed by atoms with Gasteiger partial charge in [0.05, 0.1) is 0 Å². The van der Waals surface area contributed by atoms with E-state index in [0.29, 0.717) is 0 Å². The van der Waals surface area contributed by atoms with Crippen LogP contribution in [0.2, 0.25) is 0 Å². The third kappa shape index (κ3) is 2.40. The highest BCUT2D eigenvalue weighted by Crippen LogP contribution is 2.24. The fourth-order valence-corrected chi connectivity index (χ4v) is 2.14. The van der Waals surface area contributed by atoms with Crippen molar-refractivity contribution in [2.45, 2.75) is 18.1 Å². The molecular formula is C6H13NS2. The Balaban J connectivity index is 2.18. The first kappa shape index (κ1) is 7.76. The van der Waals surface area contributed by atoms with Crippen molar-refractivity contribution in [1.29, 1.82) is 0 Å². The molecule has 0 spiro atoms. The third-order valence-electron chi connectivity index (χ3n) is 1.81. The molecule has 0 aliphatic carbocycles. The van der Waals surface area contributed by atoms with Crippen molar-refractivity contribution in [3.8, 4) is 0 Å². The normalized spacial score (nSPS) is 24.7. The highest BCUT2D eigenvalue weighted by atomic mass is 33.1. The summed E-state index contributed by atoms with van der Waals surface area (Å²) in [6.07, 6.45) is 2.62. The quantitative estimate of drug-likeness (QED) is 0.462. The van der Waals surface area contributed by atoms with Crippen molar-refractivity contribution in [2.24, 2.45) is 0 Å². The molecule has 1 aliphatic rings. The van der Waals surface area contributed by atoms with Crippen molar-refractivity contribution < 1.29 is 0 Å². The summed E-state index contributed by atoms with van der Waals surface area (Å²) >= 11 is 4.19. The van der Waals surface area contributed by atoms with Crippen LogP contribution in [0.5, 0.6) is 0 Å². The number of rotatable bonds is 1. The third-order valence-corrected chi connectivity index (χ3v) is 3.48. The molecule has 0 amide bonds. The predicted octanol–water partition coefficient (Wildman–Crippen LogP) is 1.66. The molecule has 0 bridgehead atoms. The molecule has 0 radical (unpaired) electrons. The summed E-state index contributed by atoms with van der Waals surface area (Å²) < 4.78 is 0.